The van der Waals surface area contributed by atoms with Crippen LogP contribution in [0.3, 0.4) is 0 Å². The molecule has 0 radical (unpaired) electrons. The van der Waals surface area contributed by atoms with Crippen molar-refractivity contribution in [2.75, 3.05) is 13.1 Å². The predicted molar refractivity (Wildman–Crippen MR) is 152 cm³/mol. The van der Waals surface area contributed by atoms with E-state index in [1.165, 1.54) is 36.4 Å². The Kier molecular flexibility index (Phi) is 13.6. The van der Waals surface area contributed by atoms with Gasteiger partial charge in [0.05, 0.1) is 10.5 Å². The van der Waals surface area contributed by atoms with Crippen LogP contribution in [-0.2, 0) is 14.8 Å². The molecule has 2 amide bonds. The number of rotatable bonds is 16. The van der Waals surface area contributed by atoms with Crippen LogP contribution in [0.25, 0.3) is 0 Å². The van der Waals surface area contributed by atoms with Crippen molar-refractivity contribution < 1.29 is 32.3 Å². The number of nitrogens with zero attached hydrogens (tertiary/aromatic N) is 2. The zero-order valence-electron chi connectivity index (χ0n) is 23.9. The van der Waals surface area contributed by atoms with E-state index in [4.69, 9.17) is 9.47 Å². The van der Waals surface area contributed by atoms with E-state index in [2.05, 4.69) is 18.8 Å². The third kappa shape index (κ3) is 10.3. The second kappa shape index (κ2) is 16.6. The largest absolute Gasteiger partial charge is 0.515 e. The molecule has 1 aromatic heterocycles. The number of aromatic nitrogens is 1. The van der Waals surface area contributed by atoms with Crippen molar-refractivity contribution in [3.05, 3.63) is 53.7 Å². The number of nitrogens with one attached hydrogen (secondary N) is 1. The number of hydrogen-bond donors (Lipinski definition) is 1. The number of hydrogen-bond acceptors (Lipinski definition) is 8. The van der Waals surface area contributed by atoms with Gasteiger partial charge in [0, 0.05) is 30.9 Å². The van der Waals surface area contributed by atoms with E-state index in [0.29, 0.717) is 18.7 Å². The van der Waals surface area contributed by atoms with Gasteiger partial charge in [0.15, 0.2) is 0 Å². The molecule has 40 heavy (non-hydrogen) atoms. The third-order valence-corrected chi connectivity index (χ3v) is 7.51. The maximum atomic E-state index is 12.9. The van der Waals surface area contributed by atoms with Gasteiger partial charge in [-0.3, -0.25) is 9.59 Å². The Hall–Kier alpha value is -3.47. The Morgan fingerprint density at radius 2 is 1.43 bits per heavy atom. The Bertz CT molecular complexity index is 1190. The third-order valence-electron chi connectivity index (χ3n) is 6.16. The van der Waals surface area contributed by atoms with Gasteiger partial charge in [-0.2, -0.15) is 0 Å². The SMILES string of the molecule is CCCCN(CCCC)C(=O)c1ccc(S(=O)(=O)NC(=O)c2ccc(OC(=O)OC(CCC)CCC)nc2)cc1. The molecule has 0 aliphatic rings. The van der Waals surface area contributed by atoms with Crippen LogP contribution in [0.2, 0.25) is 0 Å². The molecule has 1 heterocycles. The molecule has 0 aliphatic carbocycles. The van der Waals surface area contributed by atoms with Gasteiger partial charge < -0.3 is 14.4 Å². The molecule has 220 valence electrons. The summed E-state index contributed by atoms with van der Waals surface area (Å²) in [5.74, 6) is -1.14. The number of sulfonamides is 1. The van der Waals surface area contributed by atoms with E-state index in [0.717, 1.165) is 57.6 Å². The fraction of sp³-hybridized carbons (Fsp3) is 0.517. The number of unbranched alkanes of at least 4 members (excludes halogenated alkanes) is 2. The van der Waals surface area contributed by atoms with Crippen molar-refractivity contribution in [2.24, 2.45) is 0 Å². The Labute approximate surface area is 237 Å². The van der Waals surface area contributed by atoms with E-state index >= 15 is 0 Å². The van der Waals surface area contributed by atoms with E-state index < -0.39 is 22.1 Å². The number of pyridine rings is 1. The maximum absolute atomic E-state index is 12.9. The molecule has 1 aromatic carbocycles. The summed E-state index contributed by atoms with van der Waals surface area (Å²) in [6.45, 7) is 9.39. The summed E-state index contributed by atoms with van der Waals surface area (Å²) in [7, 11) is -4.21. The Morgan fingerprint density at radius 1 is 0.850 bits per heavy atom. The van der Waals surface area contributed by atoms with Gasteiger partial charge in [-0.05, 0) is 56.0 Å². The standard InChI is InChI=1S/C29H41N3O7S/c1-5-9-19-32(20-10-6-2)28(34)22-13-16-25(17-14-22)40(36,37)31-27(33)23-15-18-26(30-21-23)39-29(35)38-24(11-7-3)12-8-4/h13-18,21,24H,5-12,19-20H2,1-4H3,(H,31,33). The van der Waals surface area contributed by atoms with Crippen LogP contribution in [0, 0.1) is 0 Å². The van der Waals surface area contributed by atoms with Gasteiger partial charge in [0.25, 0.3) is 21.8 Å². The van der Waals surface area contributed by atoms with Crippen LogP contribution in [0.5, 0.6) is 5.88 Å². The molecule has 0 bridgehead atoms. The van der Waals surface area contributed by atoms with Crippen molar-refractivity contribution in [1.29, 1.82) is 0 Å². The summed E-state index contributed by atoms with van der Waals surface area (Å²) in [4.78, 5) is 43.1. The van der Waals surface area contributed by atoms with Crippen LogP contribution in [0.1, 0.15) is 99.8 Å². The van der Waals surface area contributed by atoms with Crippen molar-refractivity contribution in [3.63, 3.8) is 0 Å². The average Bonchev–Trinajstić information content (AvgIpc) is 2.93. The second-order valence-corrected chi connectivity index (χ2v) is 11.2. The van der Waals surface area contributed by atoms with Crippen LogP contribution >= 0.6 is 0 Å². The Balaban J connectivity index is 2.02. The van der Waals surface area contributed by atoms with Crippen molar-refractivity contribution in [1.82, 2.24) is 14.6 Å². The fourth-order valence-electron chi connectivity index (χ4n) is 3.94. The van der Waals surface area contributed by atoms with Gasteiger partial charge in [-0.1, -0.05) is 53.4 Å². The van der Waals surface area contributed by atoms with Crippen molar-refractivity contribution in [2.45, 2.75) is 90.1 Å². The van der Waals surface area contributed by atoms with E-state index in [1.807, 2.05) is 18.6 Å². The van der Waals surface area contributed by atoms with Gasteiger partial charge in [0.1, 0.15) is 6.10 Å². The minimum absolute atomic E-state index is 0.0478. The molecule has 0 atom stereocenters. The van der Waals surface area contributed by atoms with Crippen LogP contribution in [0.4, 0.5) is 4.79 Å². The zero-order valence-corrected chi connectivity index (χ0v) is 24.7. The predicted octanol–water partition coefficient (Wildman–Crippen LogP) is 5.73. The molecule has 1 N–H and O–H groups in total. The minimum Gasteiger partial charge on any atom is -0.431 e. The topological polar surface area (TPSA) is 132 Å². The molecular formula is C29H41N3O7S. The number of benzene rings is 1. The normalized spacial score (nSPS) is 11.2. The number of ether oxygens (including phenoxy) is 2. The second-order valence-electron chi connectivity index (χ2n) is 9.51. The number of carbonyl (C=O) groups excluding carboxylic acids is 3. The van der Waals surface area contributed by atoms with Crippen molar-refractivity contribution in [3.8, 4) is 5.88 Å². The summed E-state index contributed by atoms with van der Waals surface area (Å²) in [6.07, 6.45) is 6.84. The molecule has 0 saturated heterocycles. The minimum atomic E-state index is -4.21. The fourth-order valence-corrected chi connectivity index (χ4v) is 4.91. The zero-order chi connectivity index (χ0) is 29.5. The van der Waals surface area contributed by atoms with Gasteiger partial charge in [0.2, 0.25) is 5.88 Å². The molecule has 0 unspecified atom stereocenters. The molecule has 0 aliphatic heterocycles. The van der Waals surface area contributed by atoms with E-state index in [-0.39, 0.29) is 28.4 Å². The lowest BCUT2D eigenvalue weighted by molar-refractivity contribution is 0.0490. The average molecular weight is 576 g/mol. The summed E-state index contributed by atoms with van der Waals surface area (Å²) in [6, 6.07) is 8.06. The highest BCUT2D eigenvalue weighted by Crippen LogP contribution is 2.16. The lowest BCUT2D eigenvalue weighted by Gasteiger charge is -2.22. The summed E-state index contributed by atoms with van der Waals surface area (Å²) in [5, 5.41) is 0. The highest BCUT2D eigenvalue weighted by Gasteiger charge is 2.22. The van der Waals surface area contributed by atoms with Gasteiger partial charge >= 0.3 is 6.16 Å². The van der Waals surface area contributed by atoms with Crippen molar-refractivity contribution >= 4 is 28.0 Å². The monoisotopic (exact) mass is 575 g/mol. The van der Waals surface area contributed by atoms with Crippen LogP contribution in [0.15, 0.2) is 47.5 Å². The molecular weight excluding hydrogens is 534 g/mol. The smallest absolute Gasteiger partial charge is 0.431 e. The first-order valence-corrected chi connectivity index (χ1v) is 15.4. The quantitative estimate of drug-likeness (QED) is 0.251. The van der Waals surface area contributed by atoms with Crippen LogP contribution in [-0.4, -0.2) is 55.5 Å². The first-order valence-electron chi connectivity index (χ1n) is 14.0. The molecule has 0 fully saturated rings. The maximum Gasteiger partial charge on any atom is 0.515 e. The summed E-state index contributed by atoms with van der Waals surface area (Å²) in [5.41, 5.74) is 0.333. The van der Waals surface area contributed by atoms with E-state index in [9.17, 15) is 22.8 Å². The highest BCUT2D eigenvalue weighted by atomic mass is 32.2. The summed E-state index contributed by atoms with van der Waals surface area (Å²) >= 11 is 0. The molecule has 0 spiro atoms. The summed E-state index contributed by atoms with van der Waals surface area (Å²) < 4.78 is 38.0. The molecule has 2 rings (SSSR count). The molecule has 11 heteroatoms. The van der Waals surface area contributed by atoms with Gasteiger partial charge in [-0.25, -0.2) is 22.9 Å². The number of carbonyl (C=O) groups is 3. The lowest BCUT2D eigenvalue weighted by Crippen LogP contribution is -2.33. The first kappa shape index (κ1) is 32.7. The Morgan fingerprint density at radius 3 is 1.93 bits per heavy atom. The van der Waals surface area contributed by atoms with E-state index in [1.54, 1.807) is 4.90 Å². The molecule has 10 nitrogen and oxygen atoms in total. The first-order chi connectivity index (χ1) is 19.1. The highest BCUT2D eigenvalue weighted by molar-refractivity contribution is 7.90. The lowest BCUT2D eigenvalue weighted by atomic mass is 10.1. The van der Waals surface area contributed by atoms with Gasteiger partial charge in [-0.15, -0.1) is 0 Å². The number of amides is 2. The van der Waals surface area contributed by atoms with Crippen LogP contribution < -0.4 is 9.46 Å². The molecule has 0 saturated carbocycles. The molecule has 2 aromatic rings.